The van der Waals surface area contributed by atoms with E-state index in [0.29, 0.717) is 5.41 Å². The molecule has 0 radical (unpaired) electrons. The minimum atomic E-state index is 0.402. The topological polar surface area (TPSA) is 0 Å². The molecule has 0 fully saturated rings. The average molecular weight is 120 g/mol. The van der Waals surface area contributed by atoms with E-state index in [2.05, 4.69) is 39.9 Å². The molecule has 0 aromatic rings. The van der Waals surface area contributed by atoms with Crippen LogP contribution in [0.25, 0.3) is 0 Å². The molecule has 0 saturated heterocycles. The van der Waals surface area contributed by atoms with E-state index >= 15 is 0 Å². The van der Waals surface area contributed by atoms with Gasteiger partial charge in [0.2, 0.25) is 0 Å². The maximum Gasteiger partial charge on any atom is 0.138 e. The predicted molar refractivity (Wildman–Crippen MR) is 44.2 cm³/mol. The average Bonchev–Trinajstić information content (AvgIpc) is 1.78. The Morgan fingerprint density at radius 1 is 1.56 bits per heavy atom. The van der Waals surface area contributed by atoms with Crippen LogP contribution in [0, 0.1) is 5.41 Å². The van der Waals surface area contributed by atoms with Crippen LogP contribution in [-0.2, 0) is 0 Å². The van der Waals surface area contributed by atoms with Crippen molar-refractivity contribution in [2.75, 3.05) is 0 Å². The molecule has 1 rings (SSSR count). The summed E-state index contributed by atoms with van der Waals surface area (Å²) in [4.78, 5) is 0. The highest BCUT2D eigenvalue weighted by molar-refractivity contribution is 6.23. The highest BCUT2D eigenvalue weighted by atomic mass is 14.2. The van der Waals surface area contributed by atoms with Gasteiger partial charge in [-0.3, -0.25) is 0 Å². The van der Waals surface area contributed by atoms with Crippen molar-refractivity contribution >= 4 is 7.85 Å². The molecule has 9 heavy (non-hydrogen) atoms. The van der Waals surface area contributed by atoms with E-state index in [-0.39, 0.29) is 0 Å². The molecule has 1 aliphatic carbocycles. The second-order valence-corrected chi connectivity index (χ2v) is 3.47. The molecule has 1 aliphatic rings. The normalized spacial score (nSPS) is 23.6. The van der Waals surface area contributed by atoms with Crippen LogP contribution in [-0.4, -0.2) is 7.85 Å². The van der Waals surface area contributed by atoms with Crippen molar-refractivity contribution < 1.29 is 0 Å². The van der Waals surface area contributed by atoms with Gasteiger partial charge in [-0.2, -0.15) is 0 Å². The fourth-order valence-corrected chi connectivity index (χ4v) is 0.917. The summed E-state index contributed by atoms with van der Waals surface area (Å²) in [5.41, 5.74) is 1.80. The minimum Gasteiger partial charge on any atom is -0.0931 e. The Kier molecular flexibility index (Phi) is 1.52. The largest absolute Gasteiger partial charge is 0.138 e. The van der Waals surface area contributed by atoms with Gasteiger partial charge in [0.25, 0.3) is 0 Å². The molecule has 48 valence electrons. The van der Waals surface area contributed by atoms with Crippen molar-refractivity contribution in [1.82, 2.24) is 0 Å². The summed E-state index contributed by atoms with van der Waals surface area (Å²) in [7, 11) is 2.14. The lowest BCUT2D eigenvalue weighted by Crippen LogP contribution is -2.08. The molecule has 0 spiro atoms. The van der Waals surface area contributed by atoms with Crippen LogP contribution in [0.3, 0.4) is 0 Å². The van der Waals surface area contributed by atoms with Gasteiger partial charge in [0.05, 0.1) is 0 Å². The monoisotopic (exact) mass is 120 g/mol. The van der Waals surface area contributed by atoms with Gasteiger partial charge in [0.1, 0.15) is 7.85 Å². The standard InChI is InChI=1S/C8H13B/c1-8(2)5-3-7(9)4-6-8/h3-5H,6,9H2,1-2H3. The molecule has 0 saturated carbocycles. The summed E-state index contributed by atoms with van der Waals surface area (Å²) in [6.45, 7) is 4.51. The van der Waals surface area contributed by atoms with Crippen LogP contribution in [0.2, 0.25) is 0 Å². The number of rotatable bonds is 0. The zero-order chi connectivity index (χ0) is 6.91. The van der Waals surface area contributed by atoms with Gasteiger partial charge in [-0.1, -0.05) is 37.5 Å². The van der Waals surface area contributed by atoms with Gasteiger partial charge in [-0.15, -0.1) is 0 Å². The quantitative estimate of drug-likeness (QED) is 0.425. The van der Waals surface area contributed by atoms with Gasteiger partial charge >= 0.3 is 0 Å². The summed E-state index contributed by atoms with van der Waals surface area (Å²) >= 11 is 0. The summed E-state index contributed by atoms with van der Waals surface area (Å²) in [5, 5.41) is 0. The third kappa shape index (κ3) is 1.74. The Balaban J connectivity index is 2.70. The summed E-state index contributed by atoms with van der Waals surface area (Å²) in [5.74, 6) is 0. The van der Waals surface area contributed by atoms with Crippen molar-refractivity contribution in [2.24, 2.45) is 5.41 Å². The molecule has 1 heteroatoms. The maximum absolute atomic E-state index is 2.29. The molecule has 0 bridgehead atoms. The number of hydrogen-bond donors (Lipinski definition) is 0. The van der Waals surface area contributed by atoms with E-state index in [9.17, 15) is 0 Å². The van der Waals surface area contributed by atoms with E-state index in [4.69, 9.17) is 0 Å². The van der Waals surface area contributed by atoms with Crippen molar-refractivity contribution in [3.05, 3.63) is 23.7 Å². The third-order valence-corrected chi connectivity index (χ3v) is 1.75. The molecule has 0 aliphatic heterocycles. The van der Waals surface area contributed by atoms with E-state index < -0.39 is 0 Å². The molecular weight excluding hydrogens is 107 g/mol. The molecule has 0 nitrogen and oxygen atoms in total. The van der Waals surface area contributed by atoms with Gasteiger partial charge in [-0.05, 0) is 11.8 Å². The minimum absolute atomic E-state index is 0.402. The fraction of sp³-hybridized carbons (Fsp3) is 0.500. The lowest BCUT2D eigenvalue weighted by Gasteiger charge is -2.21. The van der Waals surface area contributed by atoms with Crippen molar-refractivity contribution in [3.63, 3.8) is 0 Å². The molecule has 0 amide bonds. The molecule has 0 N–H and O–H groups in total. The van der Waals surface area contributed by atoms with Crippen molar-refractivity contribution in [1.29, 1.82) is 0 Å². The van der Waals surface area contributed by atoms with Gasteiger partial charge in [0, 0.05) is 0 Å². The molecule has 0 atom stereocenters. The molecule has 0 unspecified atom stereocenters. The molecule has 0 aromatic heterocycles. The van der Waals surface area contributed by atoms with E-state index in [1.54, 1.807) is 0 Å². The highest BCUT2D eigenvalue weighted by Gasteiger charge is 2.13. The summed E-state index contributed by atoms with van der Waals surface area (Å²) in [6, 6.07) is 0. The van der Waals surface area contributed by atoms with Gasteiger partial charge in [-0.25, -0.2) is 0 Å². The first-order valence-electron chi connectivity index (χ1n) is 3.46. The second kappa shape index (κ2) is 2.05. The predicted octanol–water partition coefficient (Wildman–Crippen LogP) is 1.49. The third-order valence-electron chi connectivity index (χ3n) is 1.75. The molecule has 0 heterocycles. The SMILES string of the molecule is BC1=CCC(C)(C)C=C1. The fourth-order valence-electron chi connectivity index (χ4n) is 0.917. The lowest BCUT2D eigenvalue weighted by molar-refractivity contribution is 0.483. The first-order chi connectivity index (χ1) is 4.10. The number of hydrogen-bond acceptors (Lipinski definition) is 0. The second-order valence-electron chi connectivity index (χ2n) is 3.47. The zero-order valence-electron chi connectivity index (χ0n) is 6.44. The Bertz CT molecular complexity index is 163. The van der Waals surface area contributed by atoms with E-state index in [1.165, 1.54) is 11.9 Å². The Morgan fingerprint density at radius 3 is 2.56 bits per heavy atom. The van der Waals surface area contributed by atoms with Crippen LogP contribution in [0.15, 0.2) is 23.7 Å². The van der Waals surface area contributed by atoms with Crippen LogP contribution in [0.1, 0.15) is 20.3 Å². The lowest BCUT2D eigenvalue weighted by atomic mass is 9.79. The Hall–Kier alpha value is -0.455. The summed E-state index contributed by atoms with van der Waals surface area (Å²) in [6.07, 6.45) is 7.96. The smallest absolute Gasteiger partial charge is 0.0931 e. The molecule has 0 aromatic carbocycles. The maximum atomic E-state index is 2.29. The van der Waals surface area contributed by atoms with E-state index in [1.807, 2.05) is 0 Å². The van der Waals surface area contributed by atoms with Crippen LogP contribution in [0.5, 0.6) is 0 Å². The van der Waals surface area contributed by atoms with Crippen molar-refractivity contribution in [2.45, 2.75) is 20.3 Å². The van der Waals surface area contributed by atoms with Crippen LogP contribution < -0.4 is 0 Å². The summed E-state index contributed by atoms with van der Waals surface area (Å²) < 4.78 is 0. The van der Waals surface area contributed by atoms with Crippen LogP contribution >= 0.6 is 0 Å². The van der Waals surface area contributed by atoms with Crippen molar-refractivity contribution in [3.8, 4) is 0 Å². The highest BCUT2D eigenvalue weighted by Crippen LogP contribution is 2.26. The number of allylic oxidation sites excluding steroid dienone is 4. The first kappa shape index (κ1) is 6.66. The zero-order valence-corrected chi connectivity index (χ0v) is 6.44. The Labute approximate surface area is 58.1 Å². The van der Waals surface area contributed by atoms with Gasteiger partial charge in [0.15, 0.2) is 0 Å². The molecular formula is C8H13B. The van der Waals surface area contributed by atoms with Gasteiger partial charge < -0.3 is 0 Å². The van der Waals surface area contributed by atoms with Crippen LogP contribution in [0.4, 0.5) is 0 Å². The van der Waals surface area contributed by atoms with E-state index in [0.717, 1.165) is 0 Å². The Morgan fingerprint density at radius 2 is 2.22 bits per heavy atom. The first-order valence-corrected chi connectivity index (χ1v) is 3.46.